The molecule has 0 aliphatic heterocycles. The first-order chi connectivity index (χ1) is 25.5. The molecule has 54 heavy (non-hydrogen) atoms. The van der Waals surface area contributed by atoms with Crippen molar-refractivity contribution >= 4 is 55.9 Å². The molecule has 22 nitrogen and oxygen atoms in total. The monoisotopic (exact) mass is 791 g/mol. The molecule has 2 aromatic heterocycles. The Morgan fingerprint density at radius 2 is 1.15 bits per heavy atom. The number of hydrogen-bond donors (Lipinski definition) is 4. The number of benzene rings is 2. The van der Waals surface area contributed by atoms with Crippen LogP contribution in [0.1, 0.15) is 32.1 Å². The number of carbonyl (C=O) groups excluding carboxylic acids is 4. The van der Waals surface area contributed by atoms with E-state index in [1.807, 2.05) is 4.72 Å². The van der Waals surface area contributed by atoms with Gasteiger partial charge in [-0.2, -0.15) is 24.9 Å². The third kappa shape index (κ3) is 11.9. The number of esters is 2. The molecule has 0 saturated heterocycles. The third-order valence-corrected chi connectivity index (χ3v) is 8.86. The normalized spacial score (nSPS) is 10.7. The molecule has 4 aromatic rings. The number of methoxy groups -OCH3 is 5. The van der Waals surface area contributed by atoms with Crippen LogP contribution >= 0.6 is 0 Å². The molecule has 2 aromatic carbocycles. The van der Waals surface area contributed by atoms with Crippen LogP contribution in [0.15, 0.2) is 59.5 Å². The summed E-state index contributed by atoms with van der Waals surface area (Å²) in [7, 11) is -2.16. The molecule has 24 heteroatoms. The standard InChI is InChI=1S/C16H18N4O7S.C14H15N5O6S/c1-25-12-8-13(26-2)18-15(17-12)19-16(22)20-28(23,24)9-10-6-4-5-7-11(10)14(21)27-3;1-8-15-12(18-14(16-8)25-3)17-13(21)19-26(22,23)10-7-5-4-6-9(10)11(20)24-2/h4-8H,9H2,1-3H3,(H2,17,18,19,20,22);4-7H,1-3H3,(H2,15,16,17,18,19,21). The Morgan fingerprint density at radius 3 is 1.72 bits per heavy atom. The van der Waals surface area contributed by atoms with E-state index in [4.69, 9.17) is 14.2 Å². The summed E-state index contributed by atoms with van der Waals surface area (Å²) in [6.45, 7) is 1.54. The van der Waals surface area contributed by atoms with Crippen molar-refractivity contribution in [2.24, 2.45) is 0 Å². The second-order valence-corrected chi connectivity index (χ2v) is 13.4. The predicted octanol–water partition coefficient (Wildman–Crippen LogP) is 1.42. The van der Waals surface area contributed by atoms with Crippen molar-refractivity contribution in [3.63, 3.8) is 0 Å². The van der Waals surface area contributed by atoms with Crippen LogP contribution in [0.3, 0.4) is 0 Å². The van der Waals surface area contributed by atoms with Crippen LogP contribution in [0.25, 0.3) is 0 Å². The number of sulfonamides is 2. The van der Waals surface area contributed by atoms with Gasteiger partial charge in [0.15, 0.2) is 0 Å². The molecule has 0 atom stereocenters. The average Bonchev–Trinajstić information content (AvgIpc) is 3.13. The maximum absolute atomic E-state index is 12.4. The van der Waals surface area contributed by atoms with Gasteiger partial charge < -0.3 is 23.7 Å². The quantitative estimate of drug-likeness (QED) is 0.147. The summed E-state index contributed by atoms with van der Waals surface area (Å²) in [5, 5.41) is 4.34. The van der Waals surface area contributed by atoms with Crippen molar-refractivity contribution in [1.29, 1.82) is 0 Å². The van der Waals surface area contributed by atoms with Gasteiger partial charge in [-0.1, -0.05) is 30.3 Å². The highest BCUT2D eigenvalue weighted by Gasteiger charge is 2.25. The zero-order valence-electron chi connectivity index (χ0n) is 29.3. The van der Waals surface area contributed by atoms with Gasteiger partial charge in [-0.25, -0.2) is 45.5 Å². The lowest BCUT2D eigenvalue weighted by Gasteiger charge is -2.11. The number of aromatic nitrogens is 5. The highest BCUT2D eigenvalue weighted by Crippen LogP contribution is 2.19. The molecule has 0 bridgehead atoms. The van der Waals surface area contributed by atoms with Crippen LogP contribution in [0.4, 0.5) is 21.5 Å². The highest BCUT2D eigenvalue weighted by molar-refractivity contribution is 7.90. The summed E-state index contributed by atoms with van der Waals surface area (Å²) >= 11 is 0. The molecule has 288 valence electrons. The fourth-order valence-electron chi connectivity index (χ4n) is 4.02. The van der Waals surface area contributed by atoms with Crippen molar-refractivity contribution in [2.45, 2.75) is 17.6 Å². The number of aryl methyl sites for hydroxylation is 1. The van der Waals surface area contributed by atoms with Crippen LogP contribution in [-0.2, 0) is 35.3 Å². The van der Waals surface area contributed by atoms with E-state index >= 15 is 0 Å². The molecule has 0 radical (unpaired) electrons. The van der Waals surface area contributed by atoms with Gasteiger partial charge in [-0.05, 0) is 30.7 Å². The van der Waals surface area contributed by atoms with Gasteiger partial charge in [0.25, 0.3) is 10.0 Å². The number of nitrogens with zero attached hydrogens (tertiary/aromatic N) is 5. The van der Waals surface area contributed by atoms with Crippen LogP contribution in [0.5, 0.6) is 17.8 Å². The fourth-order valence-corrected chi connectivity index (χ4v) is 6.19. The summed E-state index contributed by atoms with van der Waals surface area (Å²) in [5.41, 5.74) is 0.0403. The van der Waals surface area contributed by atoms with E-state index in [0.717, 1.165) is 13.2 Å². The maximum Gasteiger partial charge on any atom is 0.339 e. The molecule has 2 heterocycles. The average molecular weight is 792 g/mol. The van der Waals surface area contributed by atoms with Gasteiger partial charge in [0.1, 0.15) is 10.7 Å². The molecule has 4 rings (SSSR count). The predicted molar refractivity (Wildman–Crippen MR) is 186 cm³/mol. The van der Waals surface area contributed by atoms with Crippen molar-refractivity contribution in [3.8, 4) is 17.8 Å². The second-order valence-electron chi connectivity index (χ2n) is 9.98. The molecule has 4 N–H and O–H groups in total. The number of hydrogen-bond acceptors (Lipinski definition) is 18. The number of anilines is 2. The number of carbonyl (C=O) groups is 4. The summed E-state index contributed by atoms with van der Waals surface area (Å²) in [5.74, 6) is -2.12. The minimum Gasteiger partial charge on any atom is -0.481 e. The van der Waals surface area contributed by atoms with Gasteiger partial charge in [0.05, 0.1) is 58.5 Å². The molecular weight excluding hydrogens is 759 g/mol. The highest BCUT2D eigenvalue weighted by atomic mass is 32.2. The first-order valence-corrected chi connectivity index (χ1v) is 17.9. The minimum absolute atomic E-state index is 0.0494. The third-order valence-electron chi connectivity index (χ3n) is 6.28. The smallest absolute Gasteiger partial charge is 0.339 e. The van der Waals surface area contributed by atoms with Gasteiger partial charge in [0, 0.05) is 0 Å². The minimum atomic E-state index is -4.36. The fraction of sp³-hybridized carbons (Fsp3) is 0.233. The molecule has 0 unspecified atom stereocenters. The Balaban J connectivity index is 0.000000291. The molecule has 0 aliphatic carbocycles. The number of urea groups is 2. The Bertz CT molecular complexity index is 2220. The summed E-state index contributed by atoms with van der Waals surface area (Å²) < 4.78 is 76.9. The number of nitrogens with one attached hydrogen (secondary N) is 4. The van der Waals surface area contributed by atoms with Crippen molar-refractivity contribution < 1.29 is 59.7 Å². The summed E-state index contributed by atoms with van der Waals surface area (Å²) in [6.07, 6.45) is 0. The summed E-state index contributed by atoms with van der Waals surface area (Å²) in [4.78, 5) is 66.3. The van der Waals surface area contributed by atoms with E-state index in [1.165, 1.54) is 71.8 Å². The first-order valence-electron chi connectivity index (χ1n) is 14.8. The molecule has 0 aliphatic rings. The van der Waals surface area contributed by atoms with E-state index < -0.39 is 54.7 Å². The van der Waals surface area contributed by atoms with E-state index in [-0.39, 0.29) is 52.2 Å². The van der Waals surface area contributed by atoms with Gasteiger partial charge in [-0.15, -0.1) is 0 Å². The zero-order chi connectivity index (χ0) is 40.1. The van der Waals surface area contributed by atoms with E-state index in [0.29, 0.717) is 0 Å². The van der Waals surface area contributed by atoms with Gasteiger partial charge in [0.2, 0.25) is 33.7 Å². The lowest BCUT2D eigenvalue weighted by Crippen LogP contribution is -2.36. The SMILES string of the molecule is COC(=O)c1ccccc1CS(=O)(=O)NC(=O)Nc1nc(OC)cc(OC)n1.COC(=O)c1ccccc1S(=O)(=O)NC(=O)Nc1nc(C)nc(OC)n1. The van der Waals surface area contributed by atoms with Crippen LogP contribution < -0.4 is 34.3 Å². The Hall–Kier alpha value is -6.69. The molecule has 0 fully saturated rings. The van der Waals surface area contributed by atoms with E-state index in [2.05, 4.69) is 45.0 Å². The zero-order valence-corrected chi connectivity index (χ0v) is 30.9. The van der Waals surface area contributed by atoms with Crippen molar-refractivity contribution in [3.05, 3.63) is 77.1 Å². The largest absolute Gasteiger partial charge is 0.481 e. The molecule has 0 saturated carbocycles. The Morgan fingerprint density at radius 1 is 0.630 bits per heavy atom. The number of rotatable bonds is 12. The van der Waals surface area contributed by atoms with E-state index in [1.54, 1.807) is 16.9 Å². The van der Waals surface area contributed by atoms with Crippen LogP contribution in [-0.4, -0.2) is 101 Å². The second kappa shape index (κ2) is 18.7. The lowest BCUT2D eigenvalue weighted by atomic mass is 10.1. The molecule has 4 amide bonds. The topological polar surface area (TPSA) is 295 Å². The summed E-state index contributed by atoms with van der Waals surface area (Å²) in [6, 6.07) is 10.4. The number of amides is 4. The van der Waals surface area contributed by atoms with Gasteiger partial charge >= 0.3 is 30.0 Å². The van der Waals surface area contributed by atoms with Crippen molar-refractivity contribution in [2.75, 3.05) is 46.2 Å². The van der Waals surface area contributed by atoms with Crippen LogP contribution in [0.2, 0.25) is 0 Å². The van der Waals surface area contributed by atoms with Crippen molar-refractivity contribution in [1.82, 2.24) is 34.4 Å². The first kappa shape index (κ1) is 41.7. The van der Waals surface area contributed by atoms with E-state index in [9.17, 15) is 36.0 Å². The van der Waals surface area contributed by atoms with Crippen LogP contribution in [0, 0.1) is 6.92 Å². The Kier molecular flexibility index (Phi) is 14.4. The number of ether oxygens (including phenoxy) is 5. The maximum atomic E-state index is 12.4. The van der Waals surface area contributed by atoms with Gasteiger partial charge in [-0.3, -0.25) is 10.6 Å². The molecular formula is C30H33N9O13S2. The lowest BCUT2D eigenvalue weighted by molar-refractivity contribution is 0.0589. The molecule has 0 spiro atoms. The Labute approximate surface area is 308 Å².